The molecule has 0 unspecified atom stereocenters. The van der Waals surface area contributed by atoms with Crippen molar-refractivity contribution in [2.75, 3.05) is 6.54 Å². The molecule has 16 heavy (non-hydrogen) atoms. The Hall–Kier alpha value is 2.48. The zero-order valence-corrected chi connectivity index (χ0v) is 8.93. The van der Waals surface area contributed by atoms with Crippen LogP contribution in [0.2, 0.25) is 0 Å². The van der Waals surface area contributed by atoms with Gasteiger partial charge in [0.1, 0.15) is 0 Å². The van der Waals surface area contributed by atoms with Gasteiger partial charge < -0.3 is 30.4 Å². The molecule has 0 rings (SSSR count). The molecule has 0 radical (unpaired) electrons. The van der Waals surface area contributed by atoms with E-state index in [1.807, 2.05) is 0 Å². The van der Waals surface area contributed by atoms with E-state index in [2.05, 4.69) is 0 Å². The first-order chi connectivity index (χ1) is 6.06. The molecule has 0 amide bonds. The number of hydrogen-bond acceptors (Lipinski definition) is 4. The molecule has 0 saturated carbocycles. The van der Waals surface area contributed by atoms with Crippen molar-refractivity contribution in [3.05, 3.63) is 0 Å². The summed E-state index contributed by atoms with van der Waals surface area (Å²) >= 11 is 0. The Morgan fingerprint density at radius 2 is 1.38 bits per heavy atom. The third kappa shape index (κ3) is 6.08. The fourth-order valence-electron chi connectivity index (χ4n) is 0.800. The monoisotopic (exact) mass is 315 g/mol. The SMILES string of the molecule is NCCCC(O)(P(=O)(O)O)P(=O)(O)O.[CaH2].[NaH]. The minimum absolute atomic E-state index is 0. The second kappa shape index (κ2) is 8.61. The van der Waals surface area contributed by atoms with Crippen LogP contribution >= 0.6 is 15.2 Å². The summed E-state index contributed by atoms with van der Waals surface area (Å²) < 4.78 is 21.4. The van der Waals surface area contributed by atoms with Gasteiger partial charge in [0.2, 0.25) is 0 Å². The normalized spacial score (nSPS) is 12.6. The van der Waals surface area contributed by atoms with Crippen LogP contribution in [0, 0.1) is 0 Å². The quantitative estimate of drug-likeness (QED) is 0.233. The van der Waals surface area contributed by atoms with Crippen LogP contribution in [0.15, 0.2) is 0 Å². The molecule has 0 aromatic carbocycles. The Kier molecular flexibility index (Phi) is 12.7. The van der Waals surface area contributed by atoms with Crippen LogP contribution in [0.25, 0.3) is 0 Å². The van der Waals surface area contributed by atoms with E-state index in [1.54, 1.807) is 0 Å². The molecule has 0 aromatic heterocycles. The van der Waals surface area contributed by atoms with E-state index in [0.717, 1.165) is 0 Å². The van der Waals surface area contributed by atoms with Gasteiger partial charge >= 0.3 is 82.5 Å². The van der Waals surface area contributed by atoms with Crippen molar-refractivity contribution in [1.82, 2.24) is 0 Å². The third-order valence-corrected chi connectivity index (χ3v) is 5.53. The summed E-state index contributed by atoms with van der Waals surface area (Å²) in [5, 5.41) is 5.91. The van der Waals surface area contributed by atoms with E-state index < -0.39 is 26.7 Å². The standard InChI is InChI=1S/C4H13NO7P2.Ca.Na.3H/c5-3-1-2-4(6,13(7,8)9)14(10,11)12;;;;;/h6H,1-3,5H2,(H2,7,8,9)(H2,10,11,12);;;;;. The molecule has 0 aromatic rings. The summed E-state index contributed by atoms with van der Waals surface area (Å²) in [5.74, 6) is 0. The van der Waals surface area contributed by atoms with Crippen molar-refractivity contribution in [3.8, 4) is 0 Å². The van der Waals surface area contributed by atoms with Gasteiger partial charge in [-0.15, -0.1) is 0 Å². The molecule has 0 aliphatic rings. The first-order valence-corrected chi connectivity index (χ1v) is 6.82. The van der Waals surface area contributed by atoms with Gasteiger partial charge in [-0.2, -0.15) is 0 Å². The van der Waals surface area contributed by atoms with E-state index in [9.17, 15) is 14.2 Å². The molecule has 0 heterocycles. The Balaban J connectivity index is -0.000000845. The molecule has 0 aliphatic carbocycles. The molecular weight excluding hydrogens is 299 g/mol. The van der Waals surface area contributed by atoms with E-state index in [-0.39, 0.29) is 80.3 Å². The number of nitrogens with two attached hydrogens (primary N) is 1. The van der Waals surface area contributed by atoms with E-state index in [0.29, 0.717) is 0 Å². The molecule has 0 fully saturated rings. The average Bonchev–Trinajstić information content (AvgIpc) is 1.95. The van der Waals surface area contributed by atoms with Gasteiger partial charge in [0.05, 0.1) is 0 Å². The topological polar surface area (TPSA) is 161 Å². The average molecular weight is 315 g/mol. The van der Waals surface area contributed by atoms with Gasteiger partial charge in [-0.1, -0.05) is 0 Å². The first-order valence-electron chi connectivity index (χ1n) is 3.60. The zero-order chi connectivity index (χ0) is 11.6. The molecule has 0 aliphatic heterocycles. The zero-order valence-electron chi connectivity index (χ0n) is 7.15. The Bertz CT molecular complexity index is 268. The second-order valence-corrected chi connectivity index (χ2v) is 6.76. The van der Waals surface area contributed by atoms with Crippen LogP contribution in [-0.2, 0) is 9.13 Å². The molecule has 0 saturated heterocycles. The van der Waals surface area contributed by atoms with E-state index >= 15 is 0 Å². The van der Waals surface area contributed by atoms with E-state index in [4.69, 9.17) is 25.3 Å². The molecule has 0 atom stereocenters. The first kappa shape index (κ1) is 23.6. The predicted molar refractivity (Wildman–Crippen MR) is 63.0 cm³/mol. The summed E-state index contributed by atoms with van der Waals surface area (Å²) in [5.41, 5.74) is 5.01. The van der Waals surface area contributed by atoms with Crippen molar-refractivity contribution in [2.24, 2.45) is 5.73 Å². The fourth-order valence-corrected chi connectivity index (χ4v) is 3.06. The number of aliphatic hydroxyl groups is 1. The summed E-state index contributed by atoms with van der Waals surface area (Å²) in [6.45, 7) is -0.0394. The number of hydrogen-bond donors (Lipinski definition) is 6. The van der Waals surface area contributed by atoms with Crippen LogP contribution in [-0.4, -0.2) is 104 Å². The number of rotatable bonds is 5. The molecule has 0 spiro atoms. The van der Waals surface area contributed by atoms with Crippen molar-refractivity contribution < 1.29 is 33.8 Å². The van der Waals surface area contributed by atoms with Gasteiger partial charge in [-0.25, -0.2) is 0 Å². The molecule has 8 nitrogen and oxygen atoms in total. The van der Waals surface area contributed by atoms with Gasteiger partial charge in [-0.05, 0) is 13.0 Å². The van der Waals surface area contributed by atoms with Crippen molar-refractivity contribution in [2.45, 2.75) is 17.9 Å². The molecule has 0 bridgehead atoms. The Labute approximate surface area is 145 Å². The van der Waals surface area contributed by atoms with Crippen LogP contribution in [0.4, 0.5) is 0 Å². The second-order valence-electron chi connectivity index (χ2n) is 2.75. The van der Waals surface area contributed by atoms with Crippen LogP contribution < -0.4 is 5.73 Å². The fraction of sp³-hybridized carbons (Fsp3) is 1.00. The van der Waals surface area contributed by atoms with Crippen molar-refractivity contribution in [1.29, 1.82) is 0 Å². The van der Waals surface area contributed by atoms with Gasteiger partial charge in [0.15, 0.2) is 0 Å². The van der Waals surface area contributed by atoms with Crippen LogP contribution in [0.5, 0.6) is 0 Å². The summed E-state index contributed by atoms with van der Waals surface area (Å²) in [7, 11) is -10.6. The summed E-state index contributed by atoms with van der Waals surface area (Å²) in [6.07, 6.45) is -0.856. The molecular formula is C4H16CaNNaO7P2. The van der Waals surface area contributed by atoms with Gasteiger partial charge in [0, 0.05) is 6.42 Å². The summed E-state index contributed by atoms with van der Waals surface area (Å²) in [6, 6.07) is 0. The van der Waals surface area contributed by atoms with Crippen LogP contribution in [0.1, 0.15) is 12.8 Å². The predicted octanol–water partition coefficient (Wildman–Crippen LogP) is -2.84. The Morgan fingerprint density at radius 3 is 1.56 bits per heavy atom. The third-order valence-electron chi connectivity index (χ3n) is 1.65. The van der Waals surface area contributed by atoms with Gasteiger partial charge in [-0.3, -0.25) is 9.13 Å². The van der Waals surface area contributed by atoms with Gasteiger partial charge in [0.25, 0.3) is 5.08 Å². The Morgan fingerprint density at radius 1 is 1.06 bits per heavy atom. The molecule has 12 heteroatoms. The summed E-state index contributed by atoms with van der Waals surface area (Å²) in [4.78, 5) is 34.5. The molecule has 92 valence electrons. The minimum atomic E-state index is -5.30. The van der Waals surface area contributed by atoms with E-state index in [1.165, 1.54) is 0 Å². The van der Waals surface area contributed by atoms with Crippen molar-refractivity contribution in [3.63, 3.8) is 0 Å². The maximum absolute atomic E-state index is 10.7. The molecule has 7 N–H and O–H groups in total. The van der Waals surface area contributed by atoms with Crippen LogP contribution in [0.3, 0.4) is 0 Å². The van der Waals surface area contributed by atoms with Crippen molar-refractivity contribution >= 4 is 82.5 Å². The maximum atomic E-state index is 10.7.